The number of nitrogens with one attached hydrogen (secondary N) is 1. The predicted molar refractivity (Wildman–Crippen MR) is 67.6 cm³/mol. The first kappa shape index (κ1) is 16.1. The second-order valence-electron chi connectivity index (χ2n) is 6.08. The topological polar surface area (TPSA) is 69.6 Å². The molecule has 2 aliphatic heterocycles. The molecule has 8 heteroatoms. The van der Waals surface area contributed by atoms with Crippen LogP contribution < -0.4 is 5.32 Å². The average molecular weight is 308 g/mol. The van der Waals surface area contributed by atoms with E-state index in [-0.39, 0.29) is 6.54 Å². The van der Waals surface area contributed by atoms with Gasteiger partial charge >= 0.3 is 12.1 Å². The average Bonchev–Trinajstić information content (AvgIpc) is 2.84. The number of carboxylic acid groups (broad SMARTS) is 1. The van der Waals surface area contributed by atoms with Crippen molar-refractivity contribution in [3.8, 4) is 0 Å². The molecule has 2 saturated heterocycles. The van der Waals surface area contributed by atoms with Crippen molar-refractivity contribution in [2.45, 2.75) is 44.3 Å². The Hall–Kier alpha value is -1.31. The van der Waals surface area contributed by atoms with Gasteiger partial charge in [-0.3, -0.25) is 9.59 Å². The number of carbonyl (C=O) groups is 2. The smallest absolute Gasteiger partial charge is 0.406 e. The summed E-state index contributed by atoms with van der Waals surface area (Å²) in [7, 11) is 0. The molecule has 120 valence electrons. The first-order valence-electron chi connectivity index (χ1n) is 6.97. The Balaban J connectivity index is 2.17. The summed E-state index contributed by atoms with van der Waals surface area (Å²) < 4.78 is 39.3. The highest BCUT2D eigenvalue weighted by atomic mass is 19.4. The van der Waals surface area contributed by atoms with E-state index in [0.29, 0.717) is 13.0 Å². The standard InChI is InChI=1S/C13H19F3N2O3/c1-11(4-2-3-6-17-11)9(19)18-7-5-12(8-18,10(20)21)13(14,15)16/h17H,2-8H2,1H3,(H,20,21). The molecule has 0 aromatic carbocycles. The van der Waals surface area contributed by atoms with Crippen molar-refractivity contribution in [3.63, 3.8) is 0 Å². The molecule has 0 bridgehead atoms. The van der Waals surface area contributed by atoms with Crippen LogP contribution in [-0.2, 0) is 9.59 Å². The highest BCUT2D eigenvalue weighted by Crippen LogP contribution is 2.46. The van der Waals surface area contributed by atoms with Gasteiger partial charge < -0.3 is 15.3 Å². The number of halogens is 3. The third kappa shape index (κ3) is 2.61. The normalized spacial score (nSPS) is 34.0. The molecule has 2 N–H and O–H groups in total. The highest BCUT2D eigenvalue weighted by molar-refractivity contribution is 5.88. The molecule has 0 saturated carbocycles. The van der Waals surface area contributed by atoms with E-state index in [2.05, 4.69) is 5.32 Å². The zero-order chi connectivity index (χ0) is 15.9. The minimum absolute atomic E-state index is 0.179. The summed E-state index contributed by atoms with van der Waals surface area (Å²) in [5, 5.41) is 12.0. The van der Waals surface area contributed by atoms with Crippen LogP contribution in [0.15, 0.2) is 0 Å². The molecule has 0 aromatic heterocycles. The van der Waals surface area contributed by atoms with E-state index in [9.17, 15) is 22.8 Å². The van der Waals surface area contributed by atoms with Crippen LogP contribution in [0.1, 0.15) is 32.6 Å². The second kappa shape index (κ2) is 5.15. The van der Waals surface area contributed by atoms with Gasteiger partial charge in [-0.15, -0.1) is 0 Å². The lowest BCUT2D eigenvalue weighted by molar-refractivity contribution is -0.227. The first-order chi connectivity index (χ1) is 9.62. The second-order valence-corrected chi connectivity index (χ2v) is 6.08. The summed E-state index contributed by atoms with van der Waals surface area (Å²) in [5.41, 5.74) is -3.73. The Bertz CT molecular complexity index is 446. The summed E-state index contributed by atoms with van der Waals surface area (Å²) in [6.45, 7) is 1.33. The number of carboxylic acids is 1. The van der Waals surface area contributed by atoms with Gasteiger partial charge in [-0.2, -0.15) is 13.2 Å². The Kier molecular flexibility index (Phi) is 3.94. The third-order valence-corrected chi connectivity index (χ3v) is 4.60. The van der Waals surface area contributed by atoms with Crippen molar-refractivity contribution >= 4 is 11.9 Å². The van der Waals surface area contributed by atoms with Crippen LogP contribution in [0.5, 0.6) is 0 Å². The van der Waals surface area contributed by atoms with Crippen LogP contribution in [-0.4, -0.2) is 53.2 Å². The summed E-state index contributed by atoms with van der Waals surface area (Å²) in [6, 6.07) is 0. The maximum absolute atomic E-state index is 13.1. The van der Waals surface area contributed by atoms with Gasteiger partial charge in [0, 0.05) is 13.1 Å². The number of amides is 1. The fourth-order valence-corrected chi connectivity index (χ4v) is 3.10. The van der Waals surface area contributed by atoms with Crippen molar-refractivity contribution in [3.05, 3.63) is 0 Å². The number of hydrogen-bond donors (Lipinski definition) is 2. The summed E-state index contributed by atoms with van der Waals surface area (Å²) in [6.07, 6.45) is -3.16. The van der Waals surface area contributed by atoms with E-state index in [0.717, 1.165) is 17.7 Å². The van der Waals surface area contributed by atoms with Crippen molar-refractivity contribution in [2.24, 2.45) is 5.41 Å². The number of alkyl halides is 3. The summed E-state index contributed by atoms with van der Waals surface area (Å²) in [5.74, 6) is -2.35. The van der Waals surface area contributed by atoms with Gasteiger partial charge in [-0.25, -0.2) is 0 Å². The summed E-state index contributed by atoms with van der Waals surface area (Å²) in [4.78, 5) is 24.6. The van der Waals surface area contributed by atoms with Gasteiger partial charge in [-0.1, -0.05) is 0 Å². The molecule has 21 heavy (non-hydrogen) atoms. The number of rotatable bonds is 2. The molecular weight excluding hydrogens is 289 g/mol. The molecule has 1 amide bonds. The molecule has 0 aromatic rings. The zero-order valence-corrected chi connectivity index (χ0v) is 11.8. The van der Waals surface area contributed by atoms with Crippen LogP contribution in [0.4, 0.5) is 13.2 Å². The predicted octanol–water partition coefficient (Wildman–Crippen LogP) is 1.38. The quantitative estimate of drug-likeness (QED) is 0.809. The lowest BCUT2D eigenvalue weighted by atomic mass is 9.86. The van der Waals surface area contributed by atoms with Crippen LogP contribution >= 0.6 is 0 Å². The highest BCUT2D eigenvalue weighted by Gasteiger charge is 2.64. The van der Waals surface area contributed by atoms with Crippen molar-refractivity contribution < 1.29 is 27.9 Å². The Labute approximate surface area is 120 Å². The number of aliphatic carboxylic acids is 1. The van der Waals surface area contributed by atoms with Gasteiger partial charge in [0.05, 0.1) is 5.54 Å². The molecule has 2 heterocycles. The molecule has 2 fully saturated rings. The molecule has 0 spiro atoms. The molecule has 5 nitrogen and oxygen atoms in total. The Morgan fingerprint density at radius 2 is 1.90 bits per heavy atom. The molecule has 0 aliphatic carbocycles. The number of nitrogens with zero attached hydrogens (tertiary/aromatic N) is 1. The molecule has 2 unspecified atom stereocenters. The summed E-state index contributed by atoms with van der Waals surface area (Å²) >= 11 is 0. The van der Waals surface area contributed by atoms with Gasteiger partial charge in [0.2, 0.25) is 5.91 Å². The van der Waals surface area contributed by atoms with E-state index in [1.54, 1.807) is 6.92 Å². The first-order valence-corrected chi connectivity index (χ1v) is 6.97. The lowest BCUT2D eigenvalue weighted by Crippen LogP contribution is -2.58. The van der Waals surface area contributed by atoms with Crippen LogP contribution in [0.2, 0.25) is 0 Å². The van der Waals surface area contributed by atoms with E-state index in [4.69, 9.17) is 5.11 Å². The van der Waals surface area contributed by atoms with Crippen LogP contribution in [0.25, 0.3) is 0 Å². The van der Waals surface area contributed by atoms with Crippen LogP contribution in [0, 0.1) is 5.41 Å². The van der Waals surface area contributed by atoms with Gasteiger partial charge in [0.1, 0.15) is 0 Å². The lowest BCUT2D eigenvalue weighted by Gasteiger charge is -2.37. The number of piperidine rings is 1. The van der Waals surface area contributed by atoms with Gasteiger partial charge in [0.25, 0.3) is 0 Å². The molecule has 0 radical (unpaired) electrons. The zero-order valence-electron chi connectivity index (χ0n) is 11.8. The van der Waals surface area contributed by atoms with Crippen LogP contribution in [0.3, 0.4) is 0 Å². The SMILES string of the molecule is CC1(C(=O)N2CCC(C(=O)O)(C(F)(F)F)C2)CCCCN1. The van der Waals surface area contributed by atoms with Crippen molar-refractivity contribution in [1.29, 1.82) is 0 Å². The minimum Gasteiger partial charge on any atom is -0.481 e. The largest absolute Gasteiger partial charge is 0.481 e. The molecule has 2 atom stereocenters. The maximum atomic E-state index is 13.1. The molecule has 2 rings (SSSR count). The van der Waals surface area contributed by atoms with E-state index >= 15 is 0 Å². The van der Waals surface area contributed by atoms with Crippen molar-refractivity contribution in [1.82, 2.24) is 10.2 Å². The van der Waals surface area contributed by atoms with Crippen molar-refractivity contribution in [2.75, 3.05) is 19.6 Å². The fraction of sp³-hybridized carbons (Fsp3) is 0.846. The van der Waals surface area contributed by atoms with Gasteiger partial charge in [0.15, 0.2) is 5.41 Å². The molecule has 2 aliphatic rings. The maximum Gasteiger partial charge on any atom is 0.406 e. The monoisotopic (exact) mass is 308 g/mol. The number of hydrogen-bond acceptors (Lipinski definition) is 3. The third-order valence-electron chi connectivity index (χ3n) is 4.60. The van der Waals surface area contributed by atoms with E-state index < -0.39 is 42.0 Å². The van der Waals surface area contributed by atoms with E-state index in [1.165, 1.54) is 0 Å². The van der Waals surface area contributed by atoms with E-state index in [1.807, 2.05) is 0 Å². The fourth-order valence-electron chi connectivity index (χ4n) is 3.10. The Morgan fingerprint density at radius 1 is 1.24 bits per heavy atom. The number of likely N-dealkylation sites (tertiary alicyclic amines) is 1. The number of carbonyl (C=O) groups excluding carboxylic acids is 1. The minimum atomic E-state index is -4.87. The molecular formula is C13H19F3N2O3. The van der Waals surface area contributed by atoms with Gasteiger partial charge in [-0.05, 0) is 39.2 Å². The Morgan fingerprint density at radius 3 is 2.33 bits per heavy atom.